The Morgan fingerprint density at radius 2 is 2.42 bits per heavy atom. The van der Waals surface area contributed by atoms with Crippen molar-refractivity contribution in [3.8, 4) is 0 Å². The number of guanidine groups is 1. The number of aryl methyl sites for hydroxylation is 1. The molecule has 2 rings (SSSR count). The Balaban J connectivity index is 1.85. The second kappa shape index (κ2) is 7.50. The summed E-state index contributed by atoms with van der Waals surface area (Å²) in [5.41, 5.74) is 1.32. The molecule has 0 amide bonds. The Morgan fingerprint density at radius 3 is 3.05 bits per heavy atom. The first kappa shape index (κ1) is 14.3. The van der Waals surface area contributed by atoms with Crippen molar-refractivity contribution in [1.29, 1.82) is 0 Å². The Kier molecular flexibility index (Phi) is 5.66. The molecular weight excluding hydrogens is 258 g/mol. The normalized spacial score (nSPS) is 19.7. The van der Waals surface area contributed by atoms with E-state index in [1.807, 2.05) is 0 Å². The predicted octanol–water partition coefficient (Wildman–Crippen LogP) is 2.29. The fraction of sp³-hybridized carbons (Fsp3) is 0.643. The number of aliphatic imine (C=N–C) groups is 1. The lowest BCUT2D eigenvalue weighted by Gasteiger charge is -2.14. The van der Waals surface area contributed by atoms with E-state index in [-0.39, 0.29) is 0 Å². The lowest BCUT2D eigenvalue weighted by molar-refractivity contribution is 0.114. The molecule has 106 valence electrons. The van der Waals surface area contributed by atoms with E-state index >= 15 is 0 Å². The van der Waals surface area contributed by atoms with Gasteiger partial charge in [0, 0.05) is 24.6 Å². The predicted molar refractivity (Wildman–Crippen MR) is 80.8 cm³/mol. The second-order valence-corrected chi connectivity index (χ2v) is 5.74. The molecule has 0 spiro atoms. The Labute approximate surface area is 119 Å². The number of ether oxygens (including phenoxy) is 1. The molecule has 0 bridgehead atoms. The first-order valence-electron chi connectivity index (χ1n) is 6.96. The van der Waals surface area contributed by atoms with Crippen LogP contribution < -0.4 is 10.6 Å². The van der Waals surface area contributed by atoms with Gasteiger partial charge in [-0.2, -0.15) is 0 Å². The van der Waals surface area contributed by atoms with E-state index in [4.69, 9.17) is 4.74 Å². The largest absolute Gasteiger partial charge is 0.376 e. The standard InChI is InChI=1S/C14H23N3OS/c1-3-15-14(16-9-12-5-4-7-18-12)17-10-13-11(2)6-8-19-13/h6,8,12H,3-5,7,9-10H2,1-2H3,(H2,15,16,17). The topological polar surface area (TPSA) is 45.7 Å². The zero-order valence-corrected chi connectivity index (χ0v) is 12.6. The number of hydrogen-bond acceptors (Lipinski definition) is 3. The van der Waals surface area contributed by atoms with Crippen molar-refractivity contribution in [2.45, 2.75) is 39.3 Å². The van der Waals surface area contributed by atoms with Gasteiger partial charge in [0.15, 0.2) is 5.96 Å². The van der Waals surface area contributed by atoms with Crippen LogP contribution in [0.25, 0.3) is 0 Å². The van der Waals surface area contributed by atoms with Crippen LogP contribution in [0.15, 0.2) is 16.4 Å². The maximum Gasteiger partial charge on any atom is 0.191 e. The lowest BCUT2D eigenvalue weighted by Crippen LogP contribution is -2.41. The van der Waals surface area contributed by atoms with Gasteiger partial charge in [0.05, 0.1) is 12.6 Å². The third kappa shape index (κ3) is 4.51. The first-order valence-corrected chi connectivity index (χ1v) is 7.84. The van der Waals surface area contributed by atoms with Gasteiger partial charge >= 0.3 is 0 Å². The number of thiophene rings is 1. The van der Waals surface area contributed by atoms with Crippen molar-refractivity contribution in [3.05, 3.63) is 21.9 Å². The molecule has 19 heavy (non-hydrogen) atoms. The van der Waals surface area contributed by atoms with Gasteiger partial charge in [-0.05, 0) is 43.7 Å². The van der Waals surface area contributed by atoms with Gasteiger partial charge in [0.2, 0.25) is 0 Å². The van der Waals surface area contributed by atoms with Gasteiger partial charge in [-0.15, -0.1) is 11.3 Å². The van der Waals surface area contributed by atoms with Gasteiger partial charge in [-0.1, -0.05) is 0 Å². The van der Waals surface area contributed by atoms with Gasteiger partial charge in [0.1, 0.15) is 0 Å². The summed E-state index contributed by atoms with van der Waals surface area (Å²) in [6, 6.07) is 2.14. The molecule has 1 saturated heterocycles. The summed E-state index contributed by atoms with van der Waals surface area (Å²) < 4.78 is 5.61. The molecule has 1 aliphatic heterocycles. The molecule has 2 N–H and O–H groups in total. The van der Waals surface area contributed by atoms with Gasteiger partial charge in [-0.3, -0.25) is 0 Å². The van der Waals surface area contributed by atoms with E-state index in [1.54, 1.807) is 11.3 Å². The summed E-state index contributed by atoms with van der Waals surface area (Å²) in [5, 5.41) is 8.76. The highest BCUT2D eigenvalue weighted by Crippen LogP contribution is 2.16. The highest BCUT2D eigenvalue weighted by Gasteiger charge is 2.15. The van der Waals surface area contributed by atoms with E-state index in [1.165, 1.54) is 16.9 Å². The molecule has 0 radical (unpaired) electrons. The molecule has 1 aliphatic rings. The Hall–Kier alpha value is -1.07. The zero-order valence-electron chi connectivity index (χ0n) is 11.7. The van der Waals surface area contributed by atoms with E-state index < -0.39 is 0 Å². The number of nitrogens with zero attached hydrogens (tertiary/aromatic N) is 1. The second-order valence-electron chi connectivity index (χ2n) is 4.74. The van der Waals surface area contributed by atoms with Crippen LogP contribution in [0.5, 0.6) is 0 Å². The van der Waals surface area contributed by atoms with E-state index in [0.717, 1.165) is 38.6 Å². The molecule has 5 heteroatoms. The van der Waals surface area contributed by atoms with Crippen molar-refractivity contribution in [1.82, 2.24) is 10.6 Å². The third-order valence-electron chi connectivity index (χ3n) is 3.21. The summed E-state index contributed by atoms with van der Waals surface area (Å²) in [4.78, 5) is 5.96. The zero-order chi connectivity index (χ0) is 13.5. The average molecular weight is 281 g/mol. The SMILES string of the molecule is CCNC(=NCc1sccc1C)NCC1CCCO1. The number of hydrogen-bond donors (Lipinski definition) is 2. The summed E-state index contributed by atoms with van der Waals surface area (Å²) >= 11 is 1.77. The highest BCUT2D eigenvalue weighted by molar-refractivity contribution is 7.10. The van der Waals surface area contributed by atoms with E-state index in [0.29, 0.717) is 6.10 Å². The molecule has 0 saturated carbocycles. The van der Waals surface area contributed by atoms with Crippen molar-refractivity contribution >= 4 is 17.3 Å². The van der Waals surface area contributed by atoms with Crippen LogP contribution in [-0.2, 0) is 11.3 Å². The average Bonchev–Trinajstić information content (AvgIpc) is 3.04. The number of rotatable bonds is 5. The quantitative estimate of drug-likeness (QED) is 0.643. The van der Waals surface area contributed by atoms with Crippen molar-refractivity contribution in [2.24, 2.45) is 4.99 Å². The van der Waals surface area contributed by atoms with E-state index in [9.17, 15) is 0 Å². The summed E-state index contributed by atoms with van der Waals surface area (Å²) in [7, 11) is 0. The van der Waals surface area contributed by atoms with Crippen LogP contribution in [0.2, 0.25) is 0 Å². The molecule has 1 aromatic rings. The van der Waals surface area contributed by atoms with Gasteiger partial charge in [-0.25, -0.2) is 4.99 Å². The van der Waals surface area contributed by atoms with Crippen LogP contribution in [0.4, 0.5) is 0 Å². The molecular formula is C14H23N3OS. The monoisotopic (exact) mass is 281 g/mol. The molecule has 1 unspecified atom stereocenters. The highest BCUT2D eigenvalue weighted by atomic mass is 32.1. The van der Waals surface area contributed by atoms with Crippen LogP contribution in [0.3, 0.4) is 0 Å². The summed E-state index contributed by atoms with van der Waals surface area (Å²) in [5.74, 6) is 0.880. The lowest BCUT2D eigenvalue weighted by atomic mass is 10.2. The van der Waals surface area contributed by atoms with Crippen LogP contribution in [0.1, 0.15) is 30.2 Å². The minimum absolute atomic E-state index is 0.340. The molecule has 1 fully saturated rings. The number of nitrogens with one attached hydrogen (secondary N) is 2. The smallest absolute Gasteiger partial charge is 0.191 e. The van der Waals surface area contributed by atoms with Gasteiger partial charge < -0.3 is 15.4 Å². The molecule has 1 atom stereocenters. The van der Waals surface area contributed by atoms with Crippen molar-refractivity contribution < 1.29 is 4.74 Å². The van der Waals surface area contributed by atoms with Crippen LogP contribution >= 0.6 is 11.3 Å². The minimum atomic E-state index is 0.340. The van der Waals surface area contributed by atoms with Crippen LogP contribution in [0, 0.1) is 6.92 Å². The maximum atomic E-state index is 5.61. The molecule has 0 aromatic carbocycles. The van der Waals surface area contributed by atoms with E-state index in [2.05, 4.69) is 40.9 Å². The molecule has 0 aliphatic carbocycles. The molecule has 1 aromatic heterocycles. The molecule has 4 nitrogen and oxygen atoms in total. The summed E-state index contributed by atoms with van der Waals surface area (Å²) in [6.07, 6.45) is 2.66. The van der Waals surface area contributed by atoms with Crippen LogP contribution in [-0.4, -0.2) is 31.8 Å². The van der Waals surface area contributed by atoms with Gasteiger partial charge in [0.25, 0.3) is 0 Å². The Morgan fingerprint density at radius 1 is 1.53 bits per heavy atom. The minimum Gasteiger partial charge on any atom is -0.376 e. The molecule has 2 heterocycles. The Bertz CT molecular complexity index is 411. The fourth-order valence-electron chi connectivity index (χ4n) is 2.07. The summed E-state index contributed by atoms with van der Waals surface area (Å²) in [6.45, 7) is 7.57. The third-order valence-corrected chi connectivity index (χ3v) is 4.22. The van der Waals surface area contributed by atoms with Crippen molar-refractivity contribution in [2.75, 3.05) is 19.7 Å². The van der Waals surface area contributed by atoms with Crippen molar-refractivity contribution in [3.63, 3.8) is 0 Å². The maximum absolute atomic E-state index is 5.61. The fourth-order valence-corrected chi connectivity index (χ4v) is 2.90. The first-order chi connectivity index (χ1) is 9.29.